The Bertz CT molecular complexity index is 1050. The summed E-state index contributed by atoms with van der Waals surface area (Å²) in [6, 6.07) is 11.8. The van der Waals surface area contributed by atoms with Crippen LogP contribution in [0.2, 0.25) is 0 Å². The monoisotopic (exact) mass is 380 g/mol. The Labute approximate surface area is 163 Å². The number of benzene rings is 1. The van der Waals surface area contributed by atoms with Crippen molar-refractivity contribution >= 4 is 5.91 Å². The van der Waals surface area contributed by atoms with E-state index in [2.05, 4.69) is 10.2 Å². The molecule has 0 radical (unpaired) electrons. The van der Waals surface area contributed by atoms with E-state index in [1.165, 1.54) is 4.68 Å². The van der Waals surface area contributed by atoms with Crippen molar-refractivity contribution in [2.75, 3.05) is 13.1 Å². The van der Waals surface area contributed by atoms with Gasteiger partial charge >= 0.3 is 5.69 Å². The minimum absolute atomic E-state index is 0.0153. The highest BCUT2D eigenvalue weighted by atomic mass is 16.2. The van der Waals surface area contributed by atoms with Crippen molar-refractivity contribution in [1.29, 1.82) is 0 Å². The Hall–Kier alpha value is -3.16. The third kappa shape index (κ3) is 3.62. The van der Waals surface area contributed by atoms with E-state index in [-0.39, 0.29) is 18.1 Å². The molecule has 0 spiro atoms. The number of hydrogen-bond donors (Lipinski definition) is 0. The van der Waals surface area contributed by atoms with Gasteiger partial charge < -0.3 is 4.90 Å². The normalized spacial score (nSPS) is 14.0. The lowest BCUT2D eigenvalue weighted by molar-refractivity contribution is -0.132. The van der Waals surface area contributed by atoms with Crippen LogP contribution >= 0.6 is 0 Å². The highest BCUT2D eigenvalue weighted by Crippen LogP contribution is 2.08. The third-order valence-electron chi connectivity index (χ3n) is 5.11. The zero-order chi connectivity index (χ0) is 19.7. The van der Waals surface area contributed by atoms with Crippen LogP contribution in [0.25, 0.3) is 0 Å². The number of aryl methyl sites for hydroxylation is 2. The van der Waals surface area contributed by atoms with Crippen LogP contribution < -0.4 is 5.69 Å². The van der Waals surface area contributed by atoms with Crippen molar-refractivity contribution in [3.63, 3.8) is 0 Å². The molecule has 1 aromatic carbocycles. The average molecular weight is 380 g/mol. The van der Waals surface area contributed by atoms with Gasteiger partial charge in [-0.3, -0.25) is 14.0 Å². The predicted molar refractivity (Wildman–Crippen MR) is 104 cm³/mol. The molecule has 0 N–H and O–H groups in total. The van der Waals surface area contributed by atoms with Gasteiger partial charge in [-0.25, -0.2) is 9.48 Å². The highest BCUT2D eigenvalue weighted by molar-refractivity contribution is 5.76. The molecule has 1 aliphatic rings. The van der Waals surface area contributed by atoms with Gasteiger partial charge in [0.25, 0.3) is 0 Å². The van der Waals surface area contributed by atoms with Crippen molar-refractivity contribution < 1.29 is 4.79 Å². The van der Waals surface area contributed by atoms with E-state index in [1.54, 1.807) is 14.1 Å². The first-order valence-electron chi connectivity index (χ1n) is 9.50. The highest BCUT2D eigenvalue weighted by Gasteiger charge is 2.23. The number of nitrogens with zero attached hydrogens (tertiary/aromatic N) is 6. The number of rotatable bonds is 4. The van der Waals surface area contributed by atoms with Crippen molar-refractivity contribution in [2.24, 2.45) is 0 Å². The molecule has 0 unspecified atom stereocenters. The molecule has 0 atom stereocenters. The maximum atomic E-state index is 12.7. The standard InChI is InChI=1S/C20H24N6O2/c1-15-12-16(2)25(21-15)14-19(27)23-9-8-18-22-26(20(28)24(18)11-10-23)13-17-6-4-3-5-7-17/h3-7,12H,8-11,13-14H2,1-2H3. The first kappa shape index (κ1) is 18.2. The van der Waals surface area contributed by atoms with E-state index < -0.39 is 0 Å². The maximum absolute atomic E-state index is 12.7. The van der Waals surface area contributed by atoms with Gasteiger partial charge in [-0.05, 0) is 25.5 Å². The van der Waals surface area contributed by atoms with Crippen LogP contribution in [0.3, 0.4) is 0 Å². The molecule has 1 aliphatic heterocycles. The first-order chi connectivity index (χ1) is 13.5. The molecule has 0 aliphatic carbocycles. The van der Waals surface area contributed by atoms with Gasteiger partial charge in [0.1, 0.15) is 12.4 Å². The van der Waals surface area contributed by atoms with Crippen molar-refractivity contribution in [3.05, 3.63) is 69.7 Å². The molecule has 3 aromatic rings. The average Bonchev–Trinajstić information content (AvgIpc) is 3.05. The second kappa shape index (κ2) is 7.46. The van der Waals surface area contributed by atoms with E-state index in [9.17, 15) is 9.59 Å². The van der Waals surface area contributed by atoms with Crippen molar-refractivity contribution in [3.8, 4) is 0 Å². The van der Waals surface area contributed by atoms with Crippen LogP contribution in [0, 0.1) is 13.8 Å². The summed E-state index contributed by atoms with van der Waals surface area (Å²) in [7, 11) is 0. The van der Waals surface area contributed by atoms with Crippen LogP contribution in [-0.2, 0) is 30.8 Å². The lowest BCUT2D eigenvalue weighted by Gasteiger charge is -2.20. The fraction of sp³-hybridized carbons (Fsp3) is 0.400. The molecule has 8 nitrogen and oxygen atoms in total. The van der Waals surface area contributed by atoms with Crippen LogP contribution in [0.1, 0.15) is 22.8 Å². The molecule has 28 heavy (non-hydrogen) atoms. The zero-order valence-electron chi connectivity index (χ0n) is 16.2. The minimum Gasteiger partial charge on any atom is -0.339 e. The molecule has 0 bridgehead atoms. The molecule has 0 saturated carbocycles. The van der Waals surface area contributed by atoms with Crippen molar-refractivity contribution in [2.45, 2.75) is 39.9 Å². The zero-order valence-corrected chi connectivity index (χ0v) is 16.2. The number of aromatic nitrogens is 5. The summed E-state index contributed by atoms with van der Waals surface area (Å²) in [5, 5.41) is 8.87. The summed E-state index contributed by atoms with van der Waals surface area (Å²) >= 11 is 0. The van der Waals surface area contributed by atoms with E-state index in [0.717, 1.165) is 22.8 Å². The molecule has 3 heterocycles. The van der Waals surface area contributed by atoms with Gasteiger partial charge in [0.2, 0.25) is 5.91 Å². The Morgan fingerprint density at radius 2 is 1.82 bits per heavy atom. The summed E-state index contributed by atoms with van der Waals surface area (Å²) < 4.78 is 4.94. The quantitative estimate of drug-likeness (QED) is 0.676. The topological polar surface area (TPSA) is 78.0 Å². The summed E-state index contributed by atoms with van der Waals surface area (Å²) in [4.78, 5) is 27.2. The third-order valence-corrected chi connectivity index (χ3v) is 5.11. The van der Waals surface area contributed by atoms with E-state index in [4.69, 9.17) is 0 Å². The Morgan fingerprint density at radius 1 is 1.04 bits per heavy atom. The summed E-state index contributed by atoms with van der Waals surface area (Å²) in [5.74, 6) is 0.754. The number of fused-ring (bicyclic) bond motifs is 1. The second-order valence-electron chi connectivity index (χ2n) is 7.21. The number of hydrogen-bond acceptors (Lipinski definition) is 4. The van der Waals surface area contributed by atoms with E-state index in [0.29, 0.717) is 32.6 Å². The van der Waals surface area contributed by atoms with Gasteiger partial charge in [0, 0.05) is 31.7 Å². The number of carbonyl (C=O) groups is 1. The van der Waals surface area contributed by atoms with E-state index >= 15 is 0 Å². The number of carbonyl (C=O) groups excluding carboxylic acids is 1. The largest absolute Gasteiger partial charge is 0.346 e. The molecule has 0 saturated heterocycles. The second-order valence-corrected chi connectivity index (χ2v) is 7.21. The van der Waals surface area contributed by atoms with Crippen LogP contribution in [-0.4, -0.2) is 48.0 Å². The molecular formula is C20H24N6O2. The van der Waals surface area contributed by atoms with Gasteiger partial charge in [0.05, 0.1) is 12.2 Å². The Kier molecular flexibility index (Phi) is 4.85. The van der Waals surface area contributed by atoms with Gasteiger partial charge in [0.15, 0.2) is 0 Å². The van der Waals surface area contributed by atoms with Gasteiger partial charge in [-0.2, -0.15) is 10.2 Å². The summed E-state index contributed by atoms with van der Waals surface area (Å²) in [5.41, 5.74) is 2.80. The maximum Gasteiger partial charge on any atom is 0.346 e. The molecule has 0 fully saturated rings. The predicted octanol–water partition coefficient (Wildman–Crippen LogP) is 0.991. The van der Waals surface area contributed by atoms with Gasteiger partial charge in [-0.15, -0.1) is 0 Å². The molecule has 8 heteroatoms. The van der Waals surface area contributed by atoms with Crippen LogP contribution in [0.15, 0.2) is 41.2 Å². The fourth-order valence-corrected chi connectivity index (χ4v) is 3.63. The lowest BCUT2D eigenvalue weighted by atomic mass is 10.2. The lowest BCUT2D eigenvalue weighted by Crippen LogP contribution is -2.37. The summed E-state index contributed by atoms with van der Waals surface area (Å²) in [6.45, 7) is 6.06. The van der Waals surface area contributed by atoms with Crippen LogP contribution in [0.4, 0.5) is 0 Å². The smallest absolute Gasteiger partial charge is 0.339 e. The van der Waals surface area contributed by atoms with Gasteiger partial charge in [-0.1, -0.05) is 30.3 Å². The summed E-state index contributed by atoms with van der Waals surface area (Å²) in [6.07, 6.45) is 0.569. The molecule has 4 rings (SSSR count). The molecular weight excluding hydrogens is 356 g/mol. The van der Waals surface area contributed by atoms with E-state index in [1.807, 2.05) is 50.2 Å². The molecule has 146 valence electrons. The molecule has 1 amide bonds. The fourth-order valence-electron chi connectivity index (χ4n) is 3.63. The molecule has 2 aromatic heterocycles. The SMILES string of the molecule is Cc1cc(C)n(CC(=O)N2CCc3nn(Cc4ccccc4)c(=O)n3CC2)n1. The Morgan fingerprint density at radius 3 is 2.54 bits per heavy atom. The van der Waals surface area contributed by atoms with Crippen molar-refractivity contribution in [1.82, 2.24) is 29.0 Å². The minimum atomic E-state index is -0.119. The van der Waals surface area contributed by atoms with Crippen LogP contribution in [0.5, 0.6) is 0 Å². The number of amides is 1. The Balaban J connectivity index is 1.45. The first-order valence-corrected chi connectivity index (χ1v) is 9.50.